The monoisotopic (exact) mass is 408 g/mol. The molecule has 3 rings (SSSR count). The molecule has 7 nitrogen and oxygen atoms in total. The van der Waals surface area contributed by atoms with E-state index in [0.29, 0.717) is 18.5 Å². The Morgan fingerprint density at radius 2 is 2.04 bits per heavy atom. The number of aromatic nitrogens is 3. The highest BCUT2D eigenvalue weighted by molar-refractivity contribution is 7.91. The number of nitrogens with zero attached hydrogens (tertiary/aromatic N) is 3. The summed E-state index contributed by atoms with van der Waals surface area (Å²) < 4.78 is 26.8. The van der Waals surface area contributed by atoms with E-state index in [4.69, 9.17) is 0 Å². The van der Waals surface area contributed by atoms with E-state index in [9.17, 15) is 13.2 Å². The van der Waals surface area contributed by atoms with Crippen molar-refractivity contribution in [1.29, 1.82) is 0 Å². The topological polar surface area (TPSA) is 102 Å². The molecular weight excluding hydrogens is 392 g/mol. The third-order valence-corrected chi connectivity index (χ3v) is 7.23. The molecule has 0 radical (unpaired) electrons. The Hall–Kier alpha value is -2.01. The largest absolute Gasteiger partial charge is 0.292 e. The van der Waals surface area contributed by atoms with Crippen LogP contribution in [0.4, 0.5) is 0 Å². The first-order valence-corrected chi connectivity index (χ1v) is 10.9. The predicted molar refractivity (Wildman–Crippen MR) is 99.9 cm³/mol. The van der Waals surface area contributed by atoms with Crippen LogP contribution in [0.1, 0.15) is 32.5 Å². The zero-order valence-corrected chi connectivity index (χ0v) is 16.3. The molecule has 0 atom stereocenters. The van der Waals surface area contributed by atoms with Gasteiger partial charge in [-0.2, -0.15) is 0 Å². The first kappa shape index (κ1) is 18.8. The predicted octanol–water partition coefficient (Wildman–Crippen LogP) is 2.60. The first-order valence-electron chi connectivity index (χ1n) is 7.72. The van der Waals surface area contributed by atoms with E-state index in [1.165, 1.54) is 18.5 Å². The van der Waals surface area contributed by atoms with Gasteiger partial charge in [0.05, 0.1) is 29.6 Å². The van der Waals surface area contributed by atoms with Crippen LogP contribution in [0.2, 0.25) is 0 Å². The second-order valence-corrected chi connectivity index (χ2v) is 9.68. The van der Waals surface area contributed by atoms with Gasteiger partial charge in [-0.05, 0) is 24.8 Å². The molecular formula is C16H16N4O3S3. The fourth-order valence-corrected chi connectivity index (χ4v) is 4.96. The Morgan fingerprint density at radius 3 is 2.65 bits per heavy atom. The molecule has 0 aromatic carbocycles. The maximum absolute atomic E-state index is 12.2. The fourth-order valence-electron chi connectivity index (χ4n) is 2.13. The summed E-state index contributed by atoms with van der Waals surface area (Å²) in [5.74, 6) is -0.103. The zero-order chi connectivity index (χ0) is 18.6. The molecule has 0 aliphatic carbocycles. The van der Waals surface area contributed by atoms with Crippen LogP contribution >= 0.6 is 22.7 Å². The Kier molecular flexibility index (Phi) is 5.87. The summed E-state index contributed by atoms with van der Waals surface area (Å²) in [5, 5.41) is 2.67. The number of carbonyl (C=O) groups excluding carboxylic acids is 1. The molecule has 0 amide bonds. The lowest BCUT2D eigenvalue weighted by atomic mass is 10.1. The third-order valence-electron chi connectivity index (χ3n) is 3.46. The van der Waals surface area contributed by atoms with Gasteiger partial charge in [0, 0.05) is 17.5 Å². The Morgan fingerprint density at radius 1 is 1.19 bits per heavy atom. The summed E-state index contributed by atoms with van der Waals surface area (Å²) in [6, 6.07) is 3.21. The fraction of sp³-hybridized carbons (Fsp3) is 0.250. The van der Waals surface area contributed by atoms with Crippen LogP contribution < -0.4 is 4.72 Å². The van der Waals surface area contributed by atoms with Gasteiger partial charge in [-0.15, -0.1) is 22.7 Å². The molecule has 3 aromatic heterocycles. The maximum Gasteiger partial charge on any atom is 0.250 e. The van der Waals surface area contributed by atoms with Crippen molar-refractivity contribution in [2.75, 3.05) is 0 Å². The maximum atomic E-state index is 12.2. The highest BCUT2D eigenvalue weighted by Crippen LogP contribution is 2.16. The van der Waals surface area contributed by atoms with Crippen molar-refractivity contribution < 1.29 is 13.2 Å². The van der Waals surface area contributed by atoms with Gasteiger partial charge in [0.1, 0.15) is 9.90 Å². The molecule has 0 unspecified atom stereocenters. The molecule has 26 heavy (non-hydrogen) atoms. The van der Waals surface area contributed by atoms with Crippen molar-refractivity contribution in [2.45, 2.75) is 30.5 Å². The molecule has 3 heterocycles. The van der Waals surface area contributed by atoms with Gasteiger partial charge in [-0.3, -0.25) is 9.78 Å². The smallest absolute Gasteiger partial charge is 0.250 e. The highest BCUT2D eigenvalue weighted by atomic mass is 32.2. The zero-order valence-electron chi connectivity index (χ0n) is 13.9. The van der Waals surface area contributed by atoms with Gasteiger partial charge in [-0.25, -0.2) is 23.1 Å². The molecule has 1 N–H and O–H groups in total. The Bertz CT molecular complexity index is 980. The average Bonchev–Trinajstić information content (AvgIpc) is 3.30. The summed E-state index contributed by atoms with van der Waals surface area (Å²) in [4.78, 5) is 25.6. The van der Waals surface area contributed by atoms with Gasteiger partial charge in [0.25, 0.3) is 0 Å². The average molecular weight is 409 g/mol. The molecule has 0 bridgehead atoms. The second kappa shape index (κ2) is 8.12. The summed E-state index contributed by atoms with van der Waals surface area (Å²) in [7, 11) is -3.55. The van der Waals surface area contributed by atoms with E-state index >= 15 is 0 Å². The minimum Gasteiger partial charge on any atom is -0.292 e. The Labute approximate surface area is 159 Å². The van der Waals surface area contributed by atoms with E-state index in [-0.39, 0.29) is 22.2 Å². The summed E-state index contributed by atoms with van der Waals surface area (Å²) in [6.07, 6.45) is 5.53. The molecule has 0 saturated heterocycles. The minimum absolute atomic E-state index is 0.0157. The first-order chi connectivity index (χ1) is 12.4. The van der Waals surface area contributed by atoms with Crippen LogP contribution in [0.3, 0.4) is 0 Å². The van der Waals surface area contributed by atoms with Crippen LogP contribution in [0.25, 0.3) is 0 Å². The summed E-state index contributed by atoms with van der Waals surface area (Å²) >= 11 is 2.71. The van der Waals surface area contributed by atoms with E-state index in [1.54, 1.807) is 29.0 Å². The van der Waals surface area contributed by atoms with Gasteiger partial charge < -0.3 is 0 Å². The van der Waals surface area contributed by atoms with E-state index in [2.05, 4.69) is 19.7 Å². The van der Waals surface area contributed by atoms with Crippen LogP contribution in [0, 0.1) is 6.92 Å². The molecule has 0 saturated carbocycles. The third kappa shape index (κ3) is 4.79. The van der Waals surface area contributed by atoms with Crippen molar-refractivity contribution in [3.63, 3.8) is 0 Å². The van der Waals surface area contributed by atoms with E-state index in [0.717, 1.165) is 21.2 Å². The van der Waals surface area contributed by atoms with Crippen molar-refractivity contribution >= 4 is 38.5 Å². The number of nitrogens with one attached hydrogen (secondary N) is 1. The minimum atomic E-state index is -3.55. The quantitative estimate of drug-likeness (QED) is 0.575. The number of sulfonamides is 1. The number of hydrogen-bond acceptors (Lipinski definition) is 8. The van der Waals surface area contributed by atoms with Gasteiger partial charge in [0.15, 0.2) is 5.78 Å². The van der Waals surface area contributed by atoms with Gasteiger partial charge >= 0.3 is 0 Å². The normalized spacial score (nSPS) is 11.6. The highest BCUT2D eigenvalue weighted by Gasteiger charge is 2.15. The lowest BCUT2D eigenvalue weighted by Crippen LogP contribution is -2.23. The number of thiophene rings is 1. The van der Waals surface area contributed by atoms with E-state index in [1.807, 2.05) is 6.92 Å². The van der Waals surface area contributed by atoms with Crippen molar-refractivity contribution in [3.05, 3.63) is 57.4 Å². The number of aryl methyl sites for hydroxylation is 2. The number of carbonyl (C=O) groups is 1. The van der Waals surface area contributed by atoms with Gasteiger partial charge in [-0.1, -0.05) is 6.07 Å². The van der Waals surface area contributed by atoms with Crippen LogP contribution in [-0.2, 0) is 23.0 Å². The number of thiazole rings is 1. The van der Waals surface area contributed by atoms with Crippen molar-refractivity contribution in [1.82, 2.24) is 19.7 Å². The van der Waals surface area contributed by atoms with Crippen molar-refractivity contribution in [3.8, 4) is 0 Å². The van der Waals surface area contributed by atoms with Crippen molar-refractivity contribution in [2.24, 2.45) is 0 Å². The number of ketones is 1. The molecule has 0 fully saturated rings. The molecule has 3 aromatic rings. The standard InChI is InChI=1S/C16H16N4O3S3/c1-11-17-9-13(25-11)4-5-15(21)14-10-18-12(7-19-14)8-20-26(22,23)16-3-2-6-24-16/h2-3,6-7,9-10,20H,4-5,8H2,1H3. The van der Waals surface area contributed by atoms with Crippen LogP contribution in [-0.4, -0.2) is 29.2 Å². The second-order valence-electron chi connectivity index (χ2n) is 5.42. The molecule has 0 aliphatic heterocycles. The van der Waals surface area contributed by atoms with Crippen LogP contribution in [0.5, 0.6) is 0 Å². The molecule has 136 valence electrons. The van der Waals surface area contributed by atoms with Gasteiger partial charge in [0.2, 0.25) is 10.0 Å². The summed E-state index contributed by atoms with van der Waals surface area (Å²) in [6.45, 7) is 1.94. The Balaban J connectivity index is 1.55. The molecule has 0 aliphatic rings. The number of Topliss-reactive ketones (excluding diaryl/α,β-unsaturated/α-hetero) is 1. The lowest BCUT2D eigenvalue weighted by molar-refractivity contribution is 0.0978. The SMILES string of the molecule is Cc1ncc(CCC(=O)c2cnc(CNS(=O)(=O)c3cccs3)cn2)s1. The molecule has 0 spiro atoms. The molecule has 10 heteroatoms. The van der Waals surface area contributed by atoms with Crippen LogP contribution in [0.15, 0.2) is 40.3 Å². The summed E-state index contributed by atoms with van der Waals surface area (Å²) in [5.41, 5.74) is 0.718. The number of rotatable bonds is 8. The lowest BCUT2D eigenvalue weighted by Gasteiger charge is -2.05. The number of hydrogen-bond donors (Lipinski definition) is 1. The van der Waals surface area contributed by atoms with E-state index < -0.39 is 10.0 Å².